The van der Waals surface area contributed by atoms with E-state index in [0.29, 0.717) is 0 Å². The monoisotopic (exact) mass is 399 g/mol. The summed E-state index contributed by atoms with van der Waals surface area (Å²) in [7, 11) is 0. The van der Waals surface area contributed by atoms with Crippen molar-refractivity contribution >= 4 is 22.6 Å². The van der Waals surface area contributed by atoms with Crippen LogP contribution in [0.3, 0.4) is 0 Å². The third kappa shape index (κ3) is 3.58. The summed E-state index contributed by atoms with van der Waals surface area (Å²) in [6.07, 6.45) is 1.75. The SMILES string of the molecule is [O-][I+2]([O-])OC1CCCN1CCI. The van der Waals surface area contributed by atoms with Crippen LogP contribution in [0.1, 0.15) is 12.8 Å². The maximum atomic E-state index is 10.4. The number of hydrogen-bond donors (Lipinski definition) is 0. The van der Waals surface area contributed by atoms with Gasteiger partial charge in [0, 0.05) is 17.5 Å². The molecule has 0 aromatic rings. The van der Waals surface area contributed by atoms with Crippen molar-refractivity contribution in [3.63, 3.8) is 0 Å². The van der Waals surface area contributed by atoms with Crippen molar-refractivity contribution < 1.29 is 31.0 Å². The molecule has 0 N–H and O–H groups in total. The van der Waals surface area contributed by atoms with Crippen LogP contribution >= 0.6 is 22.6 Å². The highest BCUT2D eigenvalue weighted by atomic mass is 127. The van der Waals surface area contributed by atoms with E-state index in [1.165, 1.54) is 0 Å². The van der Waals surface area contributed by atoms with E-state index in [-0.39, 0.29) is 6.23 Å². The first kappa shape index (κ1) is 11.4. The van der Waals surface area contributed by atoms with E-state index in [2.05, 4.69) is 27.5 Å². The fourth-order valence-corrected chi connectivity index (χ4v) is 3.02. The van der Waals surface area contributed by atoms with Crippen LogP contribution < -0.4 is 27.9 Å². The van der Waals surface area contributed by atoms with Gasteiger partial charge in [0.05, 0.1) is 0 Å². The van der Waals surface area contributed by atoms with Crippen molar-refractivity contribution in [2.24, 2.45) is 0 Å². The molecule has 4 nitrogen and oxygen atoms in total. The summed E-state index contributed by atoms with van der Waals surface area (Å²) < 4.78 is 26.6. The molecule has 1 rings (SSSR count). The molecule has 0 spiro atoms. The van der Waals surface area contributed by atoms with Crippen LogP contribution in [-0.2, 0) is 3.07 Å². The molecule has 0 aromatic heterocycles. The number of nitrogens with zero attached hydrogens (tertiary/aromatic N) is 1. The first-order valence-electron chi connectivity index (χ1n) is 3.76. The van der Waals surface area contributed by atoms with Crippen molar-refractivity contribution in [1.82, 2.24) is 4.90 Å². The van der Waals surface area contributed by atoms with Crippen LogP contribution in [0.2, 0.25) is 0 Å². The van der Waals surface area contributed by atoms with Crippen molar-refractivity contribution in [3.05, 3.63) is 0 Å². The van der Waals surface area contributed by atoms with E-state index < -0.39 is 21.1 Å². The molecule has 12 heavy (non-hydrogen) atoms. The molecule has 0 bridgehead atoms. The molecular formula is C6H11I2NO3. The van der Waals surface area contributed by atoms with E-state index in [1.54, 1.807) is 0 Å². The number of halogens is 2. The molecule has 1 aliphatic rings. The Labute approximate surface area is 94.4 Å². The van der Waals surface area contributed by atoms with Crippen LogP contribution in [0.25, 0.3) is 0 Å². The normalized spacial score (nSPS) is 25.5. The summed E-state index contributed by atoms with van der Waals surface area (Å²) in [6.45, 7) is 1.90. The van der Waals surface area contributed by atoms with Gasteiger partial charge in [0.2, 0.25) is 6.23 Å². The topological polar surface area (TPSA) is 58.6 Å². The predicted octanol–water partition coefficient (Wildman–Crippen LogP) is -4.05. The Morgan fingerprint density at radius 3 is 2.92 bits per heavy atom. The van der Waals surface area contributed by atoms with E-state index in [1.807, 2.05) is 0 Å². The molecular weight excluding hydrogens is 388 g/mol. The zero-order valence-electron chi connectivity index (χ0n) is 6.54. The summed E-state index contributed by atoms with van der Waals surface area (Å²) in [6, 6.07) is 0. The highest BCUT2D eigenvalue weighted by Gasteiger charge is 2.33. The zero-order chi connectivity index (χ0) is 8.97. The zero-order valence-corrected chi connectivity index (χ0v) is 10.9. The Balaban J connectivity index is 2.30. The van der Waals surface area contributed by atoms with Crippen LogP contribution in [0.5, 0.6) is 0 Å². The van der Waals surface area contributed by atoms with Gasteiger partial charge in [0.1, 0.15) is 0 Å². The third-order valence-corrected chi connectivity index (χ3v) is 3.34. The van der Waals surface area contributed by atoms with E-state index in [4.69, 9.17) is 3.07 Å². The molecule has 1 fully saturated rings. The molecule has 6 heteroatoms. The second-order valence-corrected chi connectivity index (χ2v) is 5.27. The lowest BCUT2D eigenvalue weighted by Crippen LogP contribution is -3.99. The lowest BCUT2D eigenvalue weighted by atomic mass is 10.4. The van der Waals surface area contributed by atoms with Gasteiger partial charge in [-0.2, -0.15) is 0 Å². The van der Waals surface area contributed by atoms with Gasteiger partial charge in [-0.05, 0) is 15.9 Å². The Kier molecular flexibility index (Phi) is 5.60. The van der Waals surface area contributed by atoms with Crippen molar-refractivity contribution in [2.75, 3.05) is 17.5 Å². The van der Waals surface area contributed by atoms with Crippen LogP contribution in [-0.4, -0.2) is 28.6 Å². The number of hydrogen-bond acceptors (Lipinski definition) is 4. The van der Waals surface area contributed by atoms with Gasteiger partial charge in [0.15, 0.2) is 0 Å². The van der Waals surface area contributed by atoms with Gasteiger partial charge < -0.3 is 6.87 Å². The van der Waals surface area contributed by atoms with E-state index >= 15 is 0 Å². The first-order chi connectivity index (χ1) is 5.74. The minimum absolute atomic E-state index is 0.153. The minimum atomic E-state index is -3.48. The quantitative estimate of drug-likeness (QED) is 0.357. The Bertz CT molecular complexity index is 136. The number of rotatable bonds is 4. The molecule has 0 aliphatic carbocycles. The third-order valence-electron chi connectivity index (χ3n) is 1.85. The molecule has 72 valence electrons. The second-order valence-electron chi connectivity index (χ2n) is 2.60. The van der Waals surface area contributed by atoms with Crippen LogP contribution in [0, 0.1) is 0 Å². The van der Waals surface area contributed by atoms with Crippen LogP contribution in [0.15, 0.2) is 0 Å². The van der Waals surface area contributed by atoms with Crippen molar-refractivity contribution in [2.45, 2.75) is 19.1 Å². The van der Waals surface area contributed by atoms with Gasteiger partial charge in [-0.3, -0.25) is 4.90 Å². The van der Waals surface area contributed by atoms with Crippen LogP contribution in [0.4, 0.5) is 0 Å². The first-order valence-corrected chi connectivity index (χ1v) is 7.93. The maximum absolute atomic E-state index is 10.4. The summed E-state index contributed by atoms with van der Waals surface area (Å²) in [5.74, 6) is 0. The number of alkyl halides is 1. The van der Waals surface area contributed by atoms with Gasteiger partial charge in [-0.1, -0.05) is 22.6 Å². The summed E-state index contributed by atoms with van der Waals surface area (Å²) >= 11 is -1.20. The number of likely N-dealkylation sites (tertiary alicyclic amines) is 1. The minimum Gasteiger partial charge on any atom is -0.396 e. The molecule has 0 saturated carbocycles. The molecule has 0 radical (unpaired) electrons. The van der Waals surface area contributed by atoms with E-state index in [9.17, 15) is 6.87 Å². The van der Waals surface area contributed by atoms with E-state index in [0.717, 1.165) is 30.4 Å². The Morgan fingerprint density at radius 2 is 2.33 bits per heavy atom. The molecule has 1 heterocycles. The highest BCUT2D eigenvalue weighted by molar-refractivity contribution is 14.1. The smallest absolute Gasteiger partial charge is 0.396 e. The fraction of sp³-hybridized carbons (Fsp3) is 1.00. The van der Waals surface area contributed by atoms with Gasteiger partial charge in [-0.25, -0.2) is 0 Å². The summed E-state index contributed by atoms with van der Waals surface area (Å²) in [4.78, 5) is 2.09. The van der Waals surface area contributed by atoms with Gasteiger partial charge in [0.25, 0.3) is 0 Å². The summed E-state index contributed by atoms with van der Waals surface area (Å²) in [5, 5.41) is 0. The fourth-order valence-electron chi connectivity index (χ4n) is 1.34. The Morgan fingerprint density at radius 1 is 1.58 bits per heavy atom. The van der Waals surface area contributed by atoms with Gasteiger partial charge >= 0.3 is 21.1 Å². The molecule has 0 aromatic carbocycles. The second kappa shape index (κ2) is 5.91. The van der Waals surface area contributed by atoms with Crippen molar-refractivity contribution in [3.8, 4) is 0 Å². The van der Waals surface area contributed by atoms with Gasteiger partial charge in [-0.15, -0.1) is 0 Å². The highest BCUT2D eigenvalue weighted by Crippen LogP contribution is 2.15. The lowest BCUT2D eigenvalue weighted by molar-refractivity contribution is -1.63. The Hall–Kier alpha value is 1.30. The van der Waals surface area contributed by atoms with Crippen molar-refractivity contribution in [1.29, 1.82) is 0 Å². The largest absolute Gasteiger partial charge is 0.508 e. The molecule has 0 amide bonds. The average molecular weight is 399 g/mol. The molecule has 1 atom stereocenters. The standard InChI is InChI=1S/C6H11I2NO3/c7-3-5-9-4-1-2-6(9)12-8(10)11/h6H,1-5H2. The molecule has 1 aliphatic heterocycles. The average Bonchev–Trinajstić information content (AvgIpc) is 2.37. The summed E-state index contributed by atoms with van der Waals surface area (Å²) in [5.41, 5.74) is 0. The maximum Gasteiger partial charge on any atom is 0.508 e. The molecule has 1 unspecified atom stereocenters. The lowest BCUT2D eigenvalue weighted by Gasteiger charge is -2.17. The molecule has 1 saturated heterocycles. The predicted molar refractivity (Wildman–Crippen MR) is 44.6 cm³/mol.